The molecule has 0 bridgehead atoms. The van der Waals surface area contributed by atoms with Crippen LogP contribution in [-0.2, 0) is 57.5 Å². The van der Waals surface area contributed by atoms with E-state index >= 15 is 0 Å². The van der Waals surface area contributed by atoms with Gasteiger partial charge in [0.05, 0.1) is 19.6 Å². The van der Waals surface area contributed by atoms with Crippen LogP contribution >= 0.6 is 12.6 Å². The SMILES string of the molecule is CC[C@H](C)[C@H](NC(=O)[C@@H](N)CO)C(=O)N[C@@H](CCC(=O)O)C(=O)N[C@@H](CCC(N)=O)C(=O)N[C@@H](CO)C(=O)N[C@@H](CS)C(=O)N[C@@H](CC(=O)O)C(=O)N[C@@H](CCC(N)=O)C(=O)O. The molecule has 0 spiro atoms. The first kappa shape index (κ1) is 55.9. The van der Waals surface area contributed by atoms with Crippen molar-refractivity contribution in [2.75, 3.05) is 19.0 Å². The van der Waals surface area contributed by atoms with Crippen LogP contribution < -0.4 is 54.4 Å². The highest BCUT2D eigenvalue weighted by molar-refractivity contribution is 7.80. The molecule has 62 heavy (non-hydrogen) atoms. The van der Waals surface area contributed by atoms with E-state index in [2.05, 4.69) is 39.2 Å². The van der Waals surface area contributed by atoms with Crippen LogP contribution in [0.4, 0.5) is 0 Å². The molecule has 0 unspecified atom stereocenters. The second-order valence-corrected chi connectivity index (χ2v) is 14.1. The van der Waals surface area contributed by atoms with Crippen LogP contribution in [0.2, 0.25) is 0 Å². The maximum atomic E-state index is 13.5. The van der Waals surface area contributed by atoms with E-state index in [0.29, 0.717) is 6.42 Å². The number of nitrogens with one attached hydrogen (secondary N) is 7. The summed E-state index contributed by atoms with van der Waals surface area (Å²) in [6.45, 7) is 1.30. The lowest BCUT2D eigenvalue weighted by Crippen LogP contribution is -2.61. The zero-order valence-electron chi connectivity index (χ0n) is 33.8. The summed E-state index contributed by atoms with van der Waals surface area (Å²) in [5, 5.41) is 62.3. The van der Waals surface area contributed by atoms with Crippen LogP contribution in [-0.4, -0.2) is 164 Å². The van der Waals surface area contributed by atoms with Gasteiger partial charge in [0.2, 0.25) is 53.2 Å². The van der Waals surface area contributed by atoms with Crippen molar-refractivity contribution in [3.8, 4) is 0 Å². The van der Waals surface area contributed by atoms with Crippen molar-refractivity contribution in [3.63, 3.8) is 0 Å². The molecule has 9 atom stereocenters. The van der Waals surface area contributed by atoms with Gasteiger partial charge in [-0.3, -0.25) is 52.7 Å². The number of hydrogen-bond acceptors (Lipinski definition) is 16. The van der Waals surface area contributed by atoms with Gasteiger partial charge in [0.1, 0.15) is 48.3 Å². The van der Waals surface area contributed by atoms with Crippen molar-refractivity contribution in [2.45, 2.75) is 114 Å². The minimum Gasteiger partial charge on any atom is -0.481 e. The minimum atomic E-state index is -1.94. The standard InChI is InChI=1S/C34H56N10O17S/c1-3-14(2)26(44-27(53)15(35)11-45)33(59)39-17(6-9-24(49)50)28(54)38-16(4-7-22(36)47)29(55)42-20(12-46)31(57)43-21(13-62)32(58)41-19(10-25(51)52)30(56)40-18(34(60)61)5-8-23(37)48/h14-21,26,45-46,62H,3-13,35H2,1-2H3,(H2,36,47)(H2,37,48)(H,38,54)(H,39,59)(H,40,56)(H,41,58)(H,42,55)(H,43,57)(H,44,53)(H,49,50)(H,51,52)(H,60,61)/t14-,15-,16-,17-,18-,19-,20-,21-,26-/m0/s1. The Balaban J connectivity index is 6.27. The van der Waals surface area contributed by atoms with E-state index in [0.717, 1.165) is 0 Å². The lowest BCUT2D eigenvalue weighted by molar-refractivity contribution is -0.144. The van der Waals surface area contributed by atoms with Gasteiger partial charge < -0.3 is 80.0 Å². The number of rotatable bonds is 31. The largest absolute Gasteiger partial charge is 0.481 e. The Morgan fingerprint density at radius 3 is 1.35 bits per heavy atom. The van der Waals surface area contributed by atoms with Crippen molar-refractivity contribution >= 4 is 83.7 Å². The highest BCUT2D eigenvalue weighted by Gasteiger charge is 2.35. The molecule has 0 aliphatic rings. The number of amides is 9. The average molecular weight is 909 g/mol. The van der Waals surface area contributed by atoms with Crippen LogP contribution in [0, 0.1) is 5.92 Å². The molecule has 0 aliphatic carbocycles. The fourth-order valence-corrected chi connectivity index (χ4v) is 5.33. The molecule has 0 aromatic heterocycles. The van der Waals surface area contributed by atoms with E-state index < -0.39 is 189 Å². The summed E-state index contributed by atoms with van der Waals surface area (Å²) < 4.78 is 0. The predicted molar refractivity (Wildman–Crippen MR) is 213 cm³/mol. The summed E-state index contributed by atoms with van der Waals surface area (Å²) in [6, 6.07) is -13.5. The smallest absolute Gasteiger partial charge is 0.326 e. The molecule has 0 radical (unpaired) electrons. The number of carbonyl (C=O) groups excluding carboxylic acids is 9. The molecule has 9 amide bonds. The van der Waals surface area contributed by atoms with Gasteiger partial charge in [0.15, 0.2) is 0 Å². The fraction of sp³-hybridized carbons (Fsp3) is 0.647. The molecule has 0 saturated heterocycles. The molecule has 0 aliphatic heterocycles. The Morgan fingerprint density at radius 1 is 0.516 bits per heavy atom. The number of aliphatic hydroxyl groups excluding tert-OH is 2. The number of carboxylic acid groups (broad SMARTS) is 3. The third-order valence-electron chi connectivity index (χ3n) is 8.86. The summed E-state index contributed by atoms with van der Waals surface area (Å²) >= 11 is 3.96. The van der Waals surface area contributed by atoms with Gasteiger partial charge in [0, 0.05) is 25.0 Å². The fourth-order valence-electron chi connectivity index (χ4n) is 5.08. The number of aliphatic hydroxyl groups is 2. The normalized spacial score (nSPS) is 15.2. The Morgan fingerprint density at radius 2 is 0.919 bits per heavy atom. The number of aliphatic carboxylic acids is 3. The maximum Gasteiger partial charge on any atom is 0.326 e. The maximum absolute atomic E-state index is 13.5. The van der Waals surface area contributed by atoms with Crippen LogP contribution in [0.1, 0.15) is 65.2 Å². The highest BCUT2D eigenvalue weighted by Crippen LogP contribution is 2.11. The second kappa shape index (κ2) is 28.4. The average Bonchev–Trinajstić information content (AvgIpc) is 3.20. The molecule has 350 valence electrons. The molecule has 28 heteroatoms. The summed E-state index contributed by atoms with van der Waals surface area (Å²) in [6.07, 6.45) is -4.09. The predicted octanol–water partition coefficient (Wildman–Crippen LogP) is -7.38. The van der Waals surface area contributed by atoms with Crippen LogP contribution in [0.15, 0.2) is 0 Å². The third-order valence-corrected chi connectivity index (χ3v) is 9.22. The number of thiol groups is 1. The first-order valence-electron chi connectivity index (χ1n) is 18.9. The molecule has 18 N–H and O–H groups in total. The molecule has 0 fully saturated rings. The van der Waals surface area contributed by atoms with Gasteiger partial charge in [-0.05, 0) is 25.2 Å². The van der Waals surface area contributed by atoms with E-state index in [-0.39, 0.29) is 0 Å². The zero-order chi connectivity index (χ0) is 47.9. The van der Waals surface area contributed by atoms with Gasteiger partial charge in [-0.1, -0.05) is 20.3 Å². The number of primary amides is 2. The van der Waals surface area contributed by atoms with E-state index in [9.17, 15) is 83.1 Å². The third kappa shape index (κ3) is 20.9. The topological polar surface area (TPSA) is 468 Å². The summed E-state index contributed by atoms with van der Waals surface area (Å²) in [7, 11) is 0. The number of carbonyl (C=O) groups is 12. The quantitative estimate of drug-likeness (QED) is 0.0287. The lowest BCUT2D eigenvalue weighted by atomic mass is 9.97. The number of hydrogen-bond donors (Lipinski definition) is 16. The van der Waals surface area contributed by atoms with Crippen molar-refractivity contribution in [1.82, 2.24) is 37.2 Å². The van der Waals surface area contributed by atoms with Gasteiger partial charge in [-0.2, -0.15) is 12.6 Å². The Bertz CT molecular complexity index is 1650. The van der Waals surface area contributed by atoms with Gasteiger partial charge >= 0.3 is 17.9 Å². The first-order chi connectivity index (χ1) is 28.9. The van der Waals surface area contributed by atoms with Crippen LogP contribution in [0.5, 0.6) is 0 Å². The number of carboxylic acids is 3. The summed E-state index contributed by atoms with van der Waals surface area (Å²) in [5.41, 5.74) is 15.8. The van der Waals surface area contributed by atoms with Crippen LogP contribution in [0.3, 0.4) is 0 Å². The van der Waals surface area contributed by atoms with Gasteiger partial charge in [-0.25, -0.2) is 4.79 Å². The van der Waals surface area contributed by atoms with Crippen LogP contribution in [0.25, 0.3) is 0 Å². The first-order valence-corrected chi connectivity index (χ1v) is 19.5. The second-order valence-electron chi connectivity index (χ2n) is 13.8. The van der Waals surface area contributed by atoms with E-state index in [1.54, 1.807) is 13.8 Å². The molecule has 27 nitrogen and oxygen atoms in total. The Hall–Kier alpha value is -6.13. The molecule has 0 heterocycles. The molecular weight excluding hydrogens is 852 g/mol. The molecule has 0 aromatic carbocycles. The van der Waals surface area contributed by atoms with E-state index in [1.165, 1.54) is 0 Å². The molecule has 0 saturated carbocycles. The van der Waals surface area contributed by atoms with E-state index in [1.807, 2.05) is 10.6 Å². The zero-order valence-corrected chi connectivity index (χ0v) is 34.7. The van der Waals surface area contributed by atoms with Crippen molar-refractivity contribution in [1.29, 1.82) is 0 Å². The molecule has 0 aromatic rings. The van der Waals surface area contributed by atoms with Gasteiger partial charge in [0.25, 0.3) is 0 Å². The monoisotopic (exact) mass is 908 g/mol. The van der Waals surface area contributed by atoms with Crippen molar-refractivity contribution in [3.05, 3.63) is 0 Å². The highest BCUT2D eigenvalue weighted by atomic mass is 32.1. The van der Waals surface area contributed by atoms with Gasteiger partial charge in [-0.15, -0.1) is 0 Å². The molecule has 0 rings (SSSR count). The summed E-state index contributed by atoms with van der Waals surface area (Å²) in [4.78, 5) is 149. The summed E-state index contributed by atoms with van der Waals surface area (Å²) in [5.74, 6) is -15.7. The minimum absolute atomic E-state index is 0.311. The molecular formula is C34H56N10O17S. The lowest BCUT2D eigenvalue weighted by Gasteiger charge is -2.28. The Kier molecular flexibility index (Phi) is 25.6. The Labute approximate surface area is 359 Å². The van der Waals surface area contributed by atoms with Crippen molar-refractivity contribution in [2.24, 2.45) is 23.1 Å². The van der Waals surface area contributed by atoms with E-state index in [4.69, 9.17) is 17.2 Å². The van der Waals surface area contributed by atoms with Crippen molar-refractivity contribution < 1.29 is 83.1 Å². The number of nitrogens with two attached hydrogens (primary N) is 3.